The minimum Gasteiger partial charge on any atom is -0.345 e. The van der Waals surface area contributed by atoms with Gasteiger partial charge in [-0.25, -0.2) is 13.4 Å². The fourth-order valence-corrected chi connectivity index (χ4v) is 5.53. The number of nitro groups is 1. The molecule has 1 fully saturated rings. The summed E-state index contributed by atoms with van der Waals surface area (Å²) in [6.45, 7) is 2.89. The SMILES string of the molecule is CC(C(=O)Nc1ccc([N+](=O)[O-])cc1Cl)N1CCN(S(=O)(=O)c2c[nH]c3ncccc23)CC1. The van der Waals surface area contributed by atoms with Crippen molar-refractivity contribution in [1.29, 1.82) is 0 Å². The number of halogens is 1. The smallest absolute Gasteiger partial charge is 0.271 e. The number of carbonyl (C=O) groups is 1. The topological polar surface area (TPSA) is 142 Å². The molecule has 4 rings (SSSR count). The maximum atomic E-state index is 13.1. The van der Waals surface area contributed by atoms with E-state index in [0.29, 0.717) is 24.1 Å². The van der Waals surface area contributed by atoms with E-state index in [9.17, 15) is 23.3 Å². The van der Waals surface area contributed by atoms with Gasteiger partial charge >= 0.3 is 0 Å². The molecule has 2 N–H and O–H groups in total. The lowest BCUT2D eigenvalue weighted by molar-refractivity contribution is -0.384. The van der Waals surface area contributed by atoms with E-state index in [4.69, 9.17) is 11.6 Å². The van der Waals surface area contributed by atoms with Gasteiger partial charge in [-0.1, -0.05) is 11.6 Å². The summed E-state index contributed by atoms with van der Waals surface area (Å²) in [4.78, 5) is 32.0. The second-order valence-corrected chi connectivity index (χ2v) is 9.89. The molecule has 33 heavy (non-hydrogen) atoms. The van der Waals surface area contributed by atoms with E-state index >= 15 is 0 Å². The predicted molar refractivity (Wildman–Crippen MR) is 123 cm³/mol. The molecule has 1 saturated heterocycles. The van der Waals surface area contributed by atoms with Gasteiger partial charge in [0.25, 0.3) is 5.69 Å². The highest BCUT2D eigenvalue weighted by molar-refractivity contribution is 7.89. The van der Waals surface area contributed by atoms with Crippen molar-refractivity contribution in [1.82, 2.24) is 19.2 Å². The molecule has 3 heterocycles. The van der Waals surface area contributed by atoms with Crippen molar-refractivity contribution in [3.63, 3.8) is 0 Å². The Labute approximate surface area is 194 Å². The molecule has 13 heteroatoms. The normalized spacial score (nSPS) is 16.5. The van der Waals surface area contributed by atoms with Crippen LogP contribution in [0.3, 0.4) is 0 Å². The first kappa shape index (κ1) is 23.1. The molecule has 0 saturated carbocycles. The lowest BCUT2D eigenvalue weighted by atomic mass is 10.2. The Balaban J connectivity index is 1.40. The van der Waals surface area contributed by atoms with Crippen LogP contribution in [0.25, 0.3) is 11.0 Å². The molecular formula is C20H21ClN6O5S. The lowest BCUT2D eigenvalue weighted by Gasteiger charge is -2.36. The summed E-state index contributed by atoms with van der Waals surface area (Å²) in [6, 6.07) is 6.65. The summed E-state index contributed by atoms with van der Waals surface area (Å²) in [7, 11) is -3.72. The Morgan fingerprint density at radius 3 is 2.67 bits per heavy atom. The number of sulfonamides is 1. The Kier molecular flexibility index (Phi) is 6.34. The summed E-state index contributed by atoms with van der Waals surface area (Å²) in [5, 5.41) is 14.1. The van der Waals surface area contributed by atoms with Crippen LogP contribution in [-0.4, -0.2) is 70.6 Å². The number of piperazine rings is 1. The number of aromatic amines is 1. The van der Waals surface area contributed by atoms with Crippen LogP contribution in [0.2, 0.25) is 5.02 Å². The molecule has 1 aromatic carbocycles. The van der Waals surface area contributed by atoms with Crippen molar-refractivity contribution in [3.8, 4) is 0 Å². The highest BCUT2D eigenvalue weighted by atomic mass is 35.5. The number of amides is 1. The second-order valence-electron chi connectivity index (χ2n) is 7.58. The van der Waals surface area contributed by atoms with Crippen molar-refractivity contribution in [2.45, 2.75) is 17.9 Å². The summed E-state index contributed by atoms with van der Waals surface area (Å²) in [5.74, 6) is -0.343. The van der Waals surface area contributed by atoms with Crippen molar-refractivity contribution in [3.05, 3.63) is 57.9 Å². The number of carbonyl (C=O) groups excluding carboxylic acids is 1. The van der Waals surface area contributed by atoms with Crippen LogP contribution in [0.1, 0.15) is 6.92 Å². The van der Waals surface area contributed by atoms with Crippen LogP contribution in [0.4, 0.5) is 11.4 Å². The average Bonchev–Trinajstić information content (AvgIpc) is 3.25. The molecule has 0 spiro atoms. The third-order valence-electron chi connectivity index (χ3n) is 5.65. The average molecular weight is 493 g/mol. The number of nitrogens with zero attached hydrogens (tertiary/aromatic N) is 4. The van der Waals surface area contributed by atoms with E-state index in [1.807, 2.05) is 4.90 Å². The first-order valence-electron chi connectivity index (χ1n) is 10.1. The van der Waals surface area contributed by atoms with Gasteiger partial charge in [-0.15, -0.1) is 0 Å². The van der Waals surface area contributed by atoms with Crippen LogP contribution in [0, 0.1) is 10.1 Å². The number of fused-ring (bicyclic) bond motifs is 1. The third kappa shape index (κ3) is 4.55. The number of nitro benzene ring substituents is 1. The number of nitrogens with one attached hydrogen (secondary N) is 2. The maximum absolute atomic E-state index is 13.1. The van der Waals surface area contributed by atoms with Crippen molar-refractivity contribution < 1.29 is 18.1 Å². The number of rotatable bonds is 6. The van der Waals surface area contributed by atoms with E-state index in [1.54, 1.807) is 25.3 Å². The Morgan fingerprint density at radius 2 is 2.00 bits per heavy atom. The number of anilines is 1. The summed E-state index contributed by atoms with van der Waals surface area (Å²) < 4.78 is 27.7. The molecule has 1 aliphatic heterocycles. The van der Waals surface area contributed by atoms with E-state index in [-0.39, 0.29) is 40.3 Å². The third-order valence-corrected chi connectivity index (χ3v) is 7.90. The number of non-ortho nitro benzene ring substituents is 1. The highest BCUT2D eigenvalue weighted by Crippen LogP contribution is 2.28. The first-order chi connectivity index (χ1) is 15.7. The number of hydrogen-bond donors (Lipinski definition) is 2. The molecule has 11 nitrogen and oxygen atoms in total. The standard InChI is InChI=1S/C20H21ClN6O5S/c1-13(20(28)24-17-5-4-14(27(29)30)11-16(17)21)25-7-9-26(10-8-25)33(31,32)18-12-23-19-15(18)3-2-6-22-19/h2-6,11-13H,7-10H2,1H3,(H,22,23)(H,24,28). The fraction of sp³-hybridized carbons (Fsp3) is 0.300. The van der Waals surface area contributed by atoms with Crippen LogP contribution in [0.15, 0.2) is 47.6 Å². The van der Waals surface area contributed by atoms with Crippen LogP contribution in [-0.2, 0) is 14.8 Å². The molecule has 1 aliphatic rings. The molecule has 2 aromatic heterocycles. The molecule has 0 aliphatic carbocycles. The zero-order valence-electron chi connectivity index (χ0n) is 17.6. The number of hydrogen-bond acceptors (Lipinski definition) is 7. The molecule has 3 aromatic rings. The lowest BCUT2D eigenvalue weighted by Crippen LogP contribution is -2.53. The van der Waals surface area contributed by atoms with Gasteiger partial charge in [0.1, 0.15) is 10.5 Å². The van der Waals surface area contributed by atoms with Gasteiger partial charge in [0.05, 0.1) is 21.7 Å². The Hall–Kier alpha value is -3.06. The molecule has 0 radical (unpaired) electrons. The minimum atomic E-state index is -3.72. The van der Waals surface area contributed by atoms with Gasteiger partial charge in [-0.2, -0.15) is 4.31 Å². The molecule has 1 atom stereocenters. The molecule has 1 amide bonds. The van der Waals surface area contributed by atoms with Gasteiger partial charge in [-0.3, -0.25) is 19.8 Å². The number of H-pyrrole nitrogens is 1. The van der Waals surface area contributed by atoms with Crippen molar-refractivity contribution in [2.75, 3.05) is 31.5 Å². The van der Waals surface area contributed by atoms with Gasteiger partial charge in [0.15, 0.2) is 0 Å². The predicted octanol–water partition coefficient (Wildman–Crippen LogP) is 2.46. The maximum Gasteiger partial charge on any atom is 0.271 e. The Bertz CT molecular complexity index is 1320. The quantitative estimate of drug-likeness (QED) is 0.397. The summed E-state index contributed by atoms with van der Waals surface area (Å²) in [5.41, 5.74) is 0.604. The minimum absolute atomic E-state index is 0.0638. The number of aromatic nitrogens is 2. The van der Waals surface area contributed by atoms with Crippen LogP contribution < -0.4 is 5.32 Å². The molecule has 174 valence electrons. The monoisotopic (exact) mass is 492 g/mol. The van der Waals surface area contributed by atoms with Gasteiger partial charge in [-0.05, 0) is 25.1 Å². The van der Waals surface area contributed by atoms with Crippen molar-refractivity contribution >= 4 is 49.9 Å². The van der Waals surface area contributed by atoms with Crippen molar-refractivity contribution in [2.24, 2.45) is 0 Å². The van der Waals surface area contributed by atoms with Crippen LogP contribution in [0.5, 0.6) is 0 Å². The van der Waals surface area contributed by atoms with Crippen LogP contribution >= 0.6 is 11.6 Å². The zero-order chi connectivity index (χ0) is 23.8. The first-order valence-corrected chi connectivity index (χ1v) is 11.9. The highest BCUT2D eigenvalue weighted by Gasteiger charge is 2.33. The van der Waals surface area contributed by atoms with Gasteiger partial charge in [0, 0.05) is 56.1 Å². The van der Waals surface area contributed by atoms with Gasteiger partial charge < -0.3 is 10.3 Å². The molecule has 1 unspecified atom stereocenters. The Morgan fingerprint density at radius 1 is 1.27 bits per heavy atom. The zero-order valence-corrected chi connectivity index (χ0v) is 19.1. The summed E-state index contributed by atoms with van der Waals surface area (Å²) >= 11 is 6.05. The largest absolute Gasteiger partial charge is 0.345 e. The fourth-order valence-electron chi connectivity index (χ4n) is 3.74. The van der Waals surface area contributed by atoms with E-state index < -0.39 is 21.0 Å². The molecular weight excluding hydrogens is 472 g/mol. The summed E-state index contributed by atoms with van der Waals surface area (Å²) in [6.07, 6.45) is 3.04. The van der Waals surface area contributed by atoms with Gasteiger partial charge in [0.2, 0.25) is 15.9 Å². The number of pyridine rings is 1. The molecule has 0 bridgehead atoms. The number of benzene rings is 1. The van der Waals surface area contributed by atoms with E-state index in [0.717, 1.165) is 0 Å². The van der Waals surface area contributed by atoms with E-state index in [1.165, 1.54) is 28.7 Å². The van der Waals surface area contributed by atoms with E-state index in [2.05, 4.69) is 15.3 Å². The second kappa shape index (κ2) is 9.06.